The van der Waals surface area contributed by atoms with E-state index in [-0.39, 0.29) is 6.54 Å². The molecule has 32 heavy (non-hydrogen) atoms. The maximum absolute atomic E-state index is 12.2. The summed E-state index contributed by atoms with van der Waals surface area (Å²) in [7, 11) is 0. The molecular weight excluding hydrogens is 430 g/mol. The molecule has 8 heteroatoms. The van der Waals surface area contributed by atoms with E-state index in [0.717, 1.165) is 5.56 Å². The number of carbonyl (C=O) groups is 3. The fourth-order valence-electron chi connectivity index (χ4n) is 2.67. The molecule has 3 aromatic carbocycles. The number of hydrogen-bond acceptors (Lipinski definition) is 5. The van der Waals surface area contributed by atoms with Crippen LogP contribution in [0.4, 0.5) is 0 Å². The predicted molar refractivity (Wildman–Crippen MR) is 122 cm³/mol. The predicted octanol–water partition coefficient (Wildman–Crippen LogP) is 3.75. The normalized spacial score (nSPS) is 10.6. The number of benzene rings is 3. The number of amides is 2. The van der Waals surface area contributed by atoms with Crippen LogP contribution >= 0.6 is 11.6 Å². The minimum absolute atomic E-state index is 0.240. The minimum Gasteiger partial charge on any atom is -0.423 e. The first-order valence-electron chi connectivity index (χ1n) is 9.65. The molecule has 0 spiro atoms. The number of esters is 1. The Morgan fingerprint density at radius 3 is 2.41 bits per heavy atom. The van der Waals surface area contributed by atoms with Gasteiger partial charge in [0.2, 0.25) is 0 Å². The van der Waals surface area contributed by atoms with E-state index in [4.69, 9.17) is 16.3 Å². The van der Waals surface area contributed by atoms with Crippen molar-refractivity contribution in [3.63, 3.8) is 0 Å². The number of nitrogens with zero attached hydrogens (tertiary/aromatic N) is 1. The molecule has 0 aromatic heterocycles. The third kappa shape index (κ3) is 6.78. The third-order valence-electron chi connectivity index (χ3n) is 4.24. The number of ether oxygens (including phenoxy) is 1. The van der Waals surface area contributed by atoms with Crippen LogP contribution in [0.2, 0.25) is 5.02 Å². The van der Waals surface area contributed by atoms with Gasteiger partial charge in [0.25, 0.3) is 11.8 Å². The van der Waals surface area contributed by atoms with E-state index >= 15 is 0 Å². The van der Waals surface area contributed by atoms with Crippen molar-refractivity contribution in [2.24, 2.45) is 5.10 Å². The fraction of sp³-hybridized carbons (Fsp3) is 0.0833. The summed E-state index contributed by atoms with van der Waals surface area (Å²) in [6.07, 6.45) is 1.43. The van der Waals surface area contributed by atoms with Crippen LogP contribution < -0.4 is 15.5 Å². The van der Waals surface area contributed by atoms with Gasteiger partial charge in [0.1, 0.15) is 5.75 Å². The lowest BCUT2D eigenvalue weighted by atomic mass is 10.1. The Kier molecular flexibility index (Phi) is 7.72. The van der Waals surface area contributed by atoms with Crippen molar-refractivity contribution in [1.29, 1.82) is 0 Å². The van der Waals surface area contributed by atoms with Crippen molar-refractivity contribution >= 4 is 35.6 Å². The second-order valence-electron chi connectivity index (χ2n) is 6.81. The van der Waals surface area contributed by atoms with E-state index in [9.17, 15) is 14.4 Å². The van der Waals surface area contributed by atoms with Crippen LogP contribution in [-0.4, -0.2) is 30.5 Å². The highest BCUT2D eigenvalue weighted by molar-refractivity contribution is 6.31. The van der Waals surface area contributed by atoms with Crippen molar-refractivity contribution in [2.45, 2.75) is 6.92 Å². The van der Waals surface area contributed by atoms with E-state index in [0.29, 0.717) is 27.5 Å². The zero-order valence-corrected chi connectivity index (χ0v) is 17.9. The molecule has 0 heterocycles. The smallest absolute Gasteiger partial charge is 0.343 e. The molecule has 0 saturated heterocycles. The maximum atomic E-state index is 12.2. The second kappa shape index (κ2) is 10.9. The highest BCUT2D eigenvalue weighted by Crippen LogP contribution is 2.14. The van der Waals surface area contributed by atoms with Gasteiger partial charge in [-0.3, -0.25) is 9.59 Å². The summed E-state index contributed by atoms with van der Waals surface area (Å²) < 4.78 is 5.35. The average molecular weight is 450 g/mol. The Morgan fingerprint density at radius 2 is 1.69 bits per heavy atom. The standard InChI is InChI=1S/C24H20ClN3O4/c1-16-4-2-6-19(12-16)24(31)32-21-10-8-17(9-11-21)14-27-28-22(29)15-26-23(30)18-5-3-7-20(25)13-18/h2-14H,15H2,1H3,(H,26,30)(H,28,29). The quantitative estimate of drug-likeness (QED) is 0.248. The summed E-state index contributed by atoms with van der Waals surface area (Å²) in [5.74, 6) is -0.952. The summed E-state index contributed by atoms with van der Waals surface area (Å²) in [4.78, 5) is 36.0. The molecule has 0 radical (unpaired) electrons. The van der Waals surface area contributed by atoms with E-state index in [1.807, 2.05) is 13.0 Å². The Hall–Kier alpha value is -3.97. The van der Waals surface area contributed by atoms with Crippen molar-refractivity contribution in [3.05, 3.63) is 100 Å². The van der Waals surface area contributed by atoms with Gasteiger partial charge in [-0.15, -0.1) is 0 Å². The molecule has 3 aromatic rings. The van der Waals surface area contributed by atoms with Crippen LogP contribution in [0.15, 0.2) is 77.9 Å². The first-order chi connectivity index (χ1) is 15.4. The number of hydrogen-bond donors (Lipinski definition) is 2. The zero-order valence-electron chi connectivity index (χ0n) is 17.2. The van der Waals surface area contributed by atoms with Gasteiger partial charge in [0.05, 0.1) is 18.3 Å². The Balaban J connectivity index is 1.45. The Bertz CT molecular complexity index is 1160. The number of halogens is 1. The average Bonchev–Trinajstić information content (AvgIpc) is 2.78. The third-order valence-corrected chi connectivity index (χ3v) is 4.48. The van der Waals surface area contributed by atoms with Crippen LogP contribution in [0, 0.1) is 6.92 Å². The lowest BCUT2D eigenvalue weighted by Crippen LogP contribution is -2.34. The van der Waals surface area contributed by atoms with Crippen LogP contribution in [0.25, 0.3) is 0 Å². The first-order valence-corrected chi connectivity index (χ1v) is 10.0. The van der Waals surface area contributed by atoms with E-state index in [2.05, 4.69) is 15.8 Å². The maximum Gasteiger partial charge on any atom is 0.343 e. The van der Waals surface area contributed by atoms with E-state index in [1.54, 1.807) is 60.7 Å². The van der Waals surface area contributed by atoms with Gasteiger partial charge in [-0.25, -0.2) is 10.2 Å². The van der Waals surface area contributed by atoms with Gasteiger partial charge < -0.3 is 10.1 Å². The number of aryl methyl sites for hydroxylation is 1. The minimum atomic E-state index is -0.486. The van der Waals surface area contributed by atoms with Crippen LogP contribution in [0.3, 0.4) is 0 Å². The fourth-order valence-corrected chi connectivity index (χ4v) is 2.86. The molecule has 0 unspecified atom stereocenters. The summed E-state index contributed by atoms with van der Waals surface area (Å²) in [6, 6.07) is 20.2. The molecular formula is C24H20ClN3O4. The molecule has 0 bridgehead atoms. The van der Waals surface area contributed by atoms with Crippen molar-refractivity contribution in [3.8, 4) is 5.75 Å². The summed E-state index contributed by atoms with van der Waals surface area (Å²) in [6.45, 7) is 1.66. The highest BCUT2D eigenvalue weighted by atomic mass is 35.5. The van der Waals surface area contributed by atoms with Gasteiger partial charge in [-0.05, 0) is 67.1 Å². The lowest BCUT2D eigenvalue weighted by molar-refractivity contribution is -0.120. The molecule has 0 atom stereocenters. The molecule has 0 aliphatic carbocycles. The highest BCUT2D eigenvalue weighted by Gasteiger charge is 2.09. The number of nitrogens with one attached hydrogen (secondary N) is 2. The molecule has 0 fully saturated rings. The zero-order chi connectivity index (χ0) is 22.9. The van der Waals surface area contributed by atoms with Gasteiger partial charge >= 0.3 is 5.97 Å². The molecule has 3 rings (SSSR count). The number of hydrazone groups is 1. The molecule has 0 aliphatic heterocycles. The van der Waals surface area contributed by atoms with E-state index in [1.165, 1.54) is 12.3 Å². The monoisotopic (exact) mass is 449 g/mol. The topological polar surface area (TPSA) is 96.9 Å². The Morgan fingerprint density at radius 1 is 0.969 bits per heavy atom. The molecule has 7 nitrogen and oxygen atoms in total. The summed E-state index contributed by atoms with van der Waals surface area (Å²) >= 11 is 5.84. The molecule has 2 N–H and O–H groups in total. The van der Waals surface area contributed by atoms with Gasteiger partial charge in [0.15, 0.2) is 0 Å². The van der Waals surface area contributed by atoms with Crippen LogP contribution in [-0.2, 0) is 4.79 Å². The van der Waals surface area contributed by atoms with E-state index < -0.39 is 17.8 Å². The van der Waals surface area contributed by atoms with Crippen molar-refractivity contribution < 1.29 is 19.1 Å². The number of rotatable bonds is 7. The van der Waals surface area contributed by atoms with Crippen LogP contribution in [0.5, 0.6) is 5.75 Å². The molecule has 2 amide bonds. The van der Waals surface area contributed by atoms with Gasteiger partial charge in [0, 0.05) is 10.6 Å². The van der Waals surface area contributed by atoms with Crippen molar-refractivity contribution in [2.75, 3.05) is 6.54 Å². The molecule has 162 valence electrons. The van der Waals surface area contributed by atoms with Gasteiger partial charge in [-0.2, -0.15) is 5.10 Å². The molecule has 0 saturated carbocycles. The second-order valence-corrected chi connectivity index (χ2v) is 7.25. The SMILES string of the molecule is Cc1cccc(C(=O)Oc2ccc(C=NNC(=O)CNC(=O)c3cccc(Cl)c3)cc2)c1. The summed E-state index contributed by atoms with van der Waals surface area (Å²) in [5.41, 5.74) is 4.81. The van der Waals surface area contributed by atoms with Crippen LogP contribution in [0.1, 0.15) is 31.8 Å². The van der Waals surface area contributed by atoms with Crippen molar-refractivity contribution in [1.82, 2.24) is 10.7 Å². The first kappa shape index (κ1) is 22.7. The number of carbonyl (C=O) groups excluding carboxylic acids is 3. The van der Waals surface area contributed by atoms with Gasteiger partial charge in [-0.1, -0.05) is 35.4 Å². The Labute approximate surface area is 190 Å². The largest absolute Gasteiger partial charge is 0.423 e. The molecule has 0 aliphatic rings. The summed E-state index contributed by atoms with van der Waals surface area (Å²) in [5, 5.41) is 6.77. The lowest BCUT2D eigenvalue weighted by Gasteiger charge is -2.05.